The summed E-state index contributed by atoms with van der Waals surface area (Å²) in [7, 11) is 1.22. The van der Waals surface area contributed by atoms with E-state index >= 15 is 0 Å². The fourth-order valence-electron chi connectivity index (χ4n) is 4.02. The van der Waals surface area contributed by atoms with Gasteiger partial charge in [-0.15, -0.1) is 0 Å². The van der Waals surface area contributed by atoms with E-state index in [0.29, 0.717) is 0 Å². The van der Waals surface area contributed by atoms with E-state index in [0.717, 1.165) is 5.56 Å². The molecule has 4 rings (SSSR count). The highest BCUT2D eigenvalue weighted by atomic mass is 16.6. The Bertz CT molecular complexity index is 1370. The van der Waals surface area contributed by atoms with Gasteiger partial charge in [-0.3, -0.25) is 14.7 Å². The van der Waals surface area contributed by atoms with Crippen molar-refractivity contribution in [2.45, 2.75) is 45.1 Å². The Morgan fingerprint density at radius 1 is 1.05 bits per heavy atom. The number of methoxy groups -OCH3 is 1. The van der Waals surface area contributed by atoms with E-state index in [4.69, 9.17) is 14.2 Å². The van der Waals surface area contributed by atoms with Crippen molar-refractivity contribution in [3.8, 4) is 0 Å². The molecule has 3 amide bonds. The molecule has 39 heavy (non-hydrogen) atoms. The maximum Gasteiger partial charge on any atom is 0.413 e. The third-order valence-corrected chi connectivity index (χ3v) is 5.73. The van der Waals surface area contributed by atoms with Crippen LogP contribution in [-0.2, 0) is 30.4 Å². The molecule has 2 aromatic heterocycles. The molecule has 2 unspecified atom stereocenters. The fourth-order valence-corrected chi connectivity index (χ4v) is 4.02. The van der Waals surface area contributed by atoms with Gasteiger partial charge in [0.05, 0.1) is 13.4 Å². The number of carbonyl (C=O) groups excluding carboxylic acids is 4. The average molecular weight is 540 g/mol. The number of aromatic nitrogens is 4. The number of alkyl carbamates (subject to hydrolysis) is 1. The van der Waals surface area contributed by atoms with Crippen molar-refractivity contribution in [2.24, 2.45) is 0 Å². The molecule has 3 aromatic rings. The number of likely N-dealkylation sites (tertiary alicyclic amines) is 1. The average Bonchev–Trinajstić information content (AvgIpc) is 3.31. The highest BCUT2D eigenvalue weighted by Gasteiger charge is 2.53. The minimum Gasteiger partial charge on any atom is -0.467 e. The molecule has 2 atom stereocenters. The number of hydrogen-bond donors (Lipinski definition) is 2. The molecule has 14 nitrogen and oxygen atoms in total. The van der Waals surface area contributed by atoms with Crippen molar-refractivity contribution in [1.82, 2.24) is 29.7 Å². The fraction of sp³-hybridized carbons (Fsp3) is 0.400. The number of esters is 1. The summed E-state index contributed by atoms with van der Waals surface area (Å²) < 4.78 is 16.8. The lowest BCUT2D eigenvalue weighted by atomic mass is 9.94. The molecule has 1 aromatic carbocycles. The molecule has 0 radical (unpaired) electrons. The largest absolute Gasteiger partial charge is 0.467 e. The molecule has 1 saturated heterocycles. The van der Waals surface area contributed by atoms with Crippen LogP contribution in [0.4, 0.5) is 15.4 Å². The molecule has 0 aliphatic carbocycles. The number of carbonyl (C=O) groups is 4. The van der Waals surface area contributed by atoms with E-state index < -0.39 is 41.7 Å². The van der Waals surface area contributed by atoms with Gasteiger partial charge in [-0.05, 0) is 26.3 Å². The monoisotopic (exact) mass is 539 g/mol. The van der Waals surface area contributed by atoms with Crippen LogP contribution in [0.5, 0.6) is 0 Å². The maximum absolute atomic E-state index is 13.1. The molecule has 1 fully saturated rings. The van der Waals surface area contributed by atoms with Crippen LogP contribution < -0.4 is 10.6 Å². The Balaban J connectivity index is 1.45. The van der Waals surface area contributed by atoms with Crippen molar-refractivity contribution < 1.29 is 33.4 Å². The number of benzene rings is 1. The molecular formula is C25H29N7O7. The van der Waals surface area contributed by atoms with Crippen LogP contribution in [0.15, 0.2) is 43.0 Å². The predicted molar refractivity (Wildman–Crippen MR) is 136 cm³/mol. The van der Waals surface area contributed by atoms with Gasteiger partial charge in [-0.2, -0.15) is 0 Å². The molecule has 0 bridgehead atoms. The molecular weight excluding hydrogens is 510 g/mol. The zero-order valence-corrected chi connectivity index (χ0v) is 21.9. The Labute approximate surface area is 223 Å². The number of hydrogen-bond acceptors (Lipinski definition) is 10. The van der Waals surface area contributed by atoms with Gasteiger partial charge in [0, 0.05) is 13.1 Å². The third kappa shape index (κ3) is 6.22. The first-order valence-corrected chi connectivity index (χ1v) is 12.1. The number of nitrogens with zero attached hydrogens (tertiary/aromatic N) is 5. The zero-order valence-electron chi connectivity index (χ0n) is 21.9. The number of nitrogens with one attached hydrogen (secondary N) is 2. The van der Waals surface area contributed by atoms with Crippen molar-refractivity contribution in [3.05, 3.63) is 48.5 Å². The zero-order chi connectivity index (χ0) is 28.2. The third-order valence-electron chi connectivity index (χ3n) is 5.73. The number of β-lactam (4-membered cyclic amide) rings is 1. The minimum atomic E-state index is -0.989. The first kappa shape index (κ1) is 27.3. The van der Waals surface area contributed by atoms with Gasteiger partial charge in [0.25, 0.3) is 0 Å². The smallest absolute Gasteiger partial charge is 0.413 e. The standard InChI is InChI=1S/C25H29N7O7/c1-25(2,3)39-23(35)26-10-11-31-18(22(34)37-4)17(21(31)33)32-14-29-16-19(27-13-28-20(16)32)30-24(36)38-12-15-8-6-5-7-9-15/h5-9,13-14,17-18H,10-12H2,1-4H3,(H,26,35)(H,27,28,30,36). The number of imidazole rings is 1. The molecule has 14 heteroatoms. The Hall–Kier alpha value is -4.75. The lowest BCUT2D eigenvalue weighted by Crippen LogP contribution is -2.65. The molecule has 0 saturated carbocycles. The number of fused-ring (bicyclic) bond motifs is 1. The number of anilines is 1. The van der Waals surface area contributed by atoms with E-state index in [1.54, 1.807) is 20.8 Å². The second-order valence-corrected chi connectivity index (χ2v) is 9.61. The summed E-state index contributed by atoms with van der Waals surface area (Å²) in [6.07, 6.45) is 1.16. The molecule has 1 aliphatic rings. The highest BCUT2D eigenvalue weighted by Crippen LogP contribution is 2.34. The second-order valence-electron chi connectivity index (χ2n) is 9.61. The van der Waals surface area contributed by atoms with Gasteiger partial charge in [0.15, 0.2) is 23.0 Å². The van der Waals surface area contributed by atoms with Crippen molar-refractivity contribution in [2.75, 3.05) is 25.5 Å². The molecule has 206 valence electrons. The van der Waals surface area contributed by atoms with Crippen LogP contribution in [0.3, 0.4) is 0 Å². The van der Waals surface area contributed by atoms with Gasteiger partial charge >= 0.3 is 18.2 Å². The number of amides is 3. The van der Waals surface area contributed by atoms with Crippen LogP contribution in [0.1, 0.15) is 32.4 Å². The SMILES string of the molecule is COC(=O)C1C(n2cnc3c(NC(=O)OCc4ccccc4)ncnc32)C(=O)N1CCNC(=O)OC(C)(C)C. The molecule has 2 N–H and O–H groups in total. The van der Waals surface area contributed by atoms with Gasteiger partial charge in [0.2, 0.25) is 5.91 Å². The van der Waals surface area contributed by atoms with Crippen LogP contribution in [-0.4, -0.2) is 80.3 Å². The summed E-state index contributed by atoms with van der Waals surface area (Å²) in [6.45, 7) is 5.37. The highest BCUT2D eigenvalue weighted by molar-refractivity contribution is 6.00. The molecule has 3 heterocycles. The summed E-state index contributed by atoms with van der Waals surface area (Å²) in [6, 6.07) is 7.19. The summed E-state index contributed by atoms with van der Waals surface area (Å²) in [5.41, 5.74) is 0.568. The van der Waals surface area contributed by atoms with Gasteiger partial charge in [-0.1, -0.05) is 30.3 Å². The van der Waals surface area contributed by atoms with E-state index in [1.165, 1.54) is 29.2 Å². The quantitative estimate of drug-likeness (QED) is 0.246. The Morgan fingerprint density at radius 2 is 1.79 bits per heavy atom. The van der Waals surface area contributed by atoms with E-state index in [2.05, 4.69) is 25.6 Å². The van der Waals surface area contributed by atoms with E-state index in [-0.39, 0.29) is 36.7 Å². The van der Waals surface area contributed by atoms with Crippen molar-refractivity contribution in [1.29, 1.82) is 0 Å². The lowest BCUT2D eigenvalue weighted by Gasteiger charge is -2.45. The lowest BCUT2D eigenvalue weighted by molar-refractivity contribution is -0.170. The van der Waals surface area contributed by atoms with Gasteiger partial charge < -0.3 is 24.4 Å². The van der Waals surface area contributed by atoms with Crippen LogP contribution >= 0.6 is 0 Å². The summed E-state index contributed by atoms with van der Waals surface area (Å²) in [4.78, 5) is 63.8. The predicted octanol–water partition coefficient (Wildman–Crippen LogP) is 2.02. The van der Waals surface area contributed by atoms with Gasteiger partial charge in [-0.25, -0.2) is 29.3 Å². The molecule has 1 aliphatic heterocycles. The van der Waals surface area contributed by atoms with Crippen LogP contribution in [0, 0.1) is 0 Å². The van der Waals surface area contributed by atoms with E-state index in [9.17, 15) is 19.2 Å². The van der Waals surface area contributed by atoms with Crippen molar-refractivity contribution in [3.63, 3.8) is 0 Å². The summed E-state index contributed by atoms with van der Waals surface area (Å²) in [5.74, 6) is -0.960. The summed E-state index contributed by atoms with van der Waals surface area (Å²) in [5, 5.41) is 5.10. The number of rotatable bonds is 8. The first-order chi connectivity index (χ1) is 18.6. The van der Waals surface area contributed by atoms with Crippen molar-refractivity contribution >= 4 is 41.0 Å². The normalized spacial score (nSPS) is 16.8. The second kappa shape index (κ2) is 11.3. The Kier molecular flexibility index (Phi) is 7.93. The minimum absolute atomic E-state index is 0.0516. The van der Waals surface area contributed by atoms with Crippen LogP contribution in [0.2, 0.25) is 0 Å². The van der Waals surface area contributed by atoms with E-state index in [1.807, 2.05) is 30.3 Å². The molecule has 0 spiro atoms. The van der Waals surface area contributed by atoms with Crippen LogP contribution in [0.25, 0.3) is 11.2 Å². The van der Waals surface area contributed by atoms with Gasteiger partial charge in [0.1, 0.15) is 24.6 Å². The maximum atomic E-state index is 13.1. The first-order valence-electron chi connectivity index (χ1n) is 12.1. The summed E-state index contributed by atoms with van der Waals surface area (Å²) >= 11 is 0. The Morgan fingerprint density at radius 3 is 2.49 bits per heavy atom. The number of ether oxygens (including phenoxy) is 3. The topological polar surface area (TPSA) is 167 Å².